The molecule has 1 aromatic carbocycles. The fourth-order valence-corrected chi connectivity index (χ4v) is 1.46. The van der Waals surface area contributed by atoms with Crippen LogP contribution in [-0.4, -0.2) is 18.3 Å². The molecule has 0 aromatic heterocycles. The van der Waals surface area contributed by atoms with E-state index in [-0.39, 0.29) is 11.4 Å². The molecular formula is C13H14BrNO3. The van der Waals surface area contributed by atoms with Gasteiger partial charge in [0.15, 0.2) is 5.78 Å². The lowest BCUT2D eigenvalue weighted by Crippen LogP contribution is -2.19. The van der Waals surface area contributed by atoms with Crippen LogP contribution in [0.25, 0.3) is 0 Å². The fourth-order valence-electron chi connectivity index (χ4n) is 1.19. The Morgan fingerprint density at radius 3 is 2.44 bits per heavy atom. The van der Waals surface area contributed by atoms with Gasteiger partial charge in [0.2, 0.25) is 0 Å². The van der Waals surface area contributed by atoms with Crippen molar-refractivity contribution in [3.05, 3.63) is 40.6 Å². The molecule has 0 saturated carbocycles. The molecule has 0 fully saturated rings. The van der Waals surface area contributed by atoms with Crippen LogP contribution in [0.2, 0.25) is 0 Å². The van der Waals surface area contributed by atoms with Crippen LogP contribution in [-0.2, 0) is 14.3 Å². The maximum atomic E-state index is 11.9. The number of carbonyl (C=O) groups is 2. The lowest BCUT2D eigenvalue weighted by molar-refractivity contribution is -0.119. The molecular weight excluding hydrogens is 298 g/mol. The first-order chi connectivity index (χ1) is 8.54. The van der Waals surface area contributed by atoms with E-state index in [1.54, 1.807) is 31.2 Å². The normalized spacial score (nSPS) is 10.9. The zero-order valence-electron chi connectivity index (χ0n) is 10.2. The Balaban J connectivity index is 2.79. The number of hydrogen-bond donors (Lipinski definition) is 1. The molecule has 5 heteroatoms. The predicted octanol–water partition coefficient (Wildman–Crippen LogP) is 2.90. The molecule has 0 aliphatic heterocycles. The van der Waals surface area contributed by atoms with Crippen LogP contribution < -0.4 is 5.32 Å². The number of anilines is 1. The zero-order chi connectivity index (χ0) is 13.5. The van der Waals surface area contributed by atoms with Gasteiger partial charge in [0, 0.05) is 10.2 Å². The highest BCUT2D eigenvalue weighted by atomic mass is 79.9. The highest BCUT2D eigenvalue weighted by molar-refractivity contribution is 9.10. The number of halogens is 1. The Morgan fingerprint density at radius 1 is 1.33 bits per heavy atom. The van der Waals surface area contributed by atoms with Crippen LogP contribution in [0.1, 0.15) is 13.8 Å². The highest BCUT2D eigenvalue weighted by Crippen LogP contribution is 2.15. The number of ketones is 1. The van der Waals surface area contributed by atoms with Gasteiger partial charge in [0.05, 0.1) is 12.9 Å². The summed E-state index contributed by atoms with van der Waals surface area (Å²) in [5, 5.41) is 2.63. The summed E-state index contributed by atoms with van der Waals surface area (Å²) in [6, 6.07) is 7.07. The van der Waals surface area contributed by atoms with Crippen molar-refractivity contribution in [1.29, 1.82) is 0 Å². The van der Waals surface area contributed by atoms with E-state index in [0.29, 0.717) is 12.3 Å². The van der Waals surface area contributed by atoms with Gasteiger partial charge in [-0.05, 0) is 38.1 Å². The van der Waals surface area contributed by atoms with Crippen molar-refractivity contribution >= 4 is 33.3 Å². The summed E-state index contributed by atoms with van der Waals surface area (Å²) in [7, 11) is 0. The average Bonchev–Trinajstić information content (AvgIpc) is 2.32. The summed E-state index contributed by atoms with van der Waals surface area (Å²) in [4.78, 5) is 23.2. The molecule has 0 aliphatic carbocycles. The highest BCUT2D eigenvalue weighted by Gasteiger charge is 2.15. The molecule has 0 saturated heterocycles. The molecule has 1 rings (SSSR count). The van der Waals surface area contributed by atoms with E-state index in [0.717, 1.165) is 4.47 Å². The minimum atomic E-state index is -0.474. The van der Waals surface area contributed by atoms with Gasteiger partial charge in [-0.2, -0.15) is 0 Å². The summed E-state index contributed by atoms with van der Waals surface area (Å²) in [5.74, 6) is -0.809. The predicted molar refractivity (Wildman–Crippen MR) is 73.2 cm³/mol. The van der Waals surface area contributed by atoms with Crippen molar-refractivity contribution in [3.8, 4) is 0 Å². The first-order valence-electron chi connectivity index (χ1n) is 5.44. The van der Waals surface area contributed by atoms with Crippen LogP contribution in [0, 0.1) is 0 Å². The maximum absolute atomic E-state index is 11.9. The summed E-state index contributed by atoms with van der Waals surface area (Å²) in [6.45, 7) is 3.51. The number of benzene rings is 1. The molecule has 0 aliphatic rings. The summed E-state index contributed by atoms with van der Waals surface area (Å²) in [5.41, 5.74) is 0.617. The van der Waals surface area contributed by atoms with E-state index in [1.807, 2.05) is 0 Å². The zero-order valence-corrected chi connectivity index (χ0v) is 11.8. The van der Waals surface area contributed by atoms with Crippen molar-refractivity contribution in [3.63, 3.8) is 0 Å². The molecule has 4 nitrogen and oxygen atoms in total. The minimum Gasteiger partial charge on any atom is -0.501 e. The van der Waals surface area contributed by atoms with Crippen molar-refractivity contribution in [2.24, 2.45) is 0 Å². The Kier molecular flexibility index (Phi) is 5.58. The van der Waals surface area contributed by atoms with E-state index < -0.39 is 5.91 Å². The molecule has 0 atom stereocenters. The Hall–Kier alpha value is -1.62. The molecule has 18 heavy (non-hydrogen) atoms. The molecule has 0 unspecified atom stereocenters. The van der Waals surface area contributed by atoms with Gasteiger partial charge in [0.25, 0.3) is 5.91 Å². The second-order valence-electron chi connectivity index (χ2n) is 3.50. The van der Waals surface area contributed by atoms with Crippen molar-refractivity contribution in [1.82, 2.24) is 0 Å². The maximum Gasteiger partial charge on any atom is 0.262 e. The third-order valence-electron chi connectivity index (χ3n) is 2.09. The van der Waals surface area contributed by atoms with Gasteiger partial charge >= 0.3 is 0 Å². The summed E-state index contributed by atoms with van der Waals surface area (Å²) >= 11 is 3.30. The van der Waals surface area contributed by atoms with E-state index >= 15 is 0 Å². The largest absolute Gasteiger partial charge is 0.501 e. The van der Waals surface area contributed by atoms with E-state index in [2.05, 4.69) is 21.2 Å². The fraction of sp³-hybridized carbons (Fsp3) is 0.231. The summed E-state index contributed by atoms with van der Waals surface area (Å²) in [6.07, 6.45) is 1.19. The van der Waals surface area contributed by atoms with Crippen LogP contribution in [0.15, 0.2) is 40.6 Å². The molecule has 0 radical (unpaired) electrons. The van der Waals surface area contributed by atoms with Gasteiger partial charge in [-0.1, -0.05) is 15.9 Å². The molecule has 0 heterocycles. The summed E-state index contributed by atoms with van der Waals surface area (Å²) < 4.78 is 5.90. The molecule has 1 amide bonds. The number of nitrogens with one attached hydrogen (secondary N) is 1. The standard InChI is InChI=1S/C13H14BrNO3/c1-3-18-8-12(9(2)16)13(17)15-11-6-4-10(14)5-7-11/h4-8H,3H2,1-2H3,(H,15,17). The van der Waals surface area contributed by atoms with Crippen LogP contribution >= 0.6 is 15.9 Å². The van der Waals surface area contributed by atoms with E-state index in [4.69, 9.17) is 4.74 Å². The number of Topliss-reactive ketones (excluding diaryl/α,β-unsaturated/α-hetero) is 1. The smallest absolute Gasteiger partial charge is 0.262 e. The van der Waals surface area contributed by atoms with Crippen molar-refractivity contribution in [2.75, 3.05) is 11.9 Å². The number of carbonyl (C=O) groups excluding carboxylic acids is 2. The lowest BCUT2D eigenvalue weighted by Gasteiger charge is -2.06. The van der Waals surface area contributed by atoms with Crippen LogP contribution in [0.4, 0.5) is 5.69 Å². The van der Waals surface area contributed by atoms with Gasteiger partial charge < -0.3 is 10.1 Å². The van der Waals surface area contributed by atoms with Gasteiger partial charge in [-0.25, -0.2) is 0 Å². The third-order valence-corrected chi connectivity index (χ3v) is 2.62. The molecule has 1 aromatic rings. The topological polar surface area (TPSA) is 55.4 Å². The monoisotopic (exact) mass is 311 g/mol. The second-order valence-corrected chi connectivity index (χ2v) is 4.42. The van der Waals surface area contributed by atoms with Crippen LogP contribution in [0.5, 0.6) is 0 Å². The SMILES string of the molecule is CCOC=C(C(C)=O)C(=O)Nc1ccc(Br)cc1. The Morgan fingerprint density at radius 2 is 1.94 bits per heavy atom. The minimum absolute atomic E-state index is 0.000214. The van der Waals surface area contributed by atoms with E-state index in [9.17, 15) is 9.59 Å². The first-order valence-corrected chi connectivity index (χ1v) is 6.23. The number of rotatable bonds is 5. The molecule has 96 valence electrons. The van der Waals surface area contributed by atoms with Gasteiger partial charge in [-0.3, -0.25) is 9.59 Å². The first kappa shape index (κ1) is 14.4. The number of hydrogen-bond acceptors (Lipinski definition) is 3. The van der Waals surface area contributed by atoms with E-state index in [1.165, 1.54) is 13.2 Å². The van der Waals surface area contributed by atoms with Crippen molar-refractivity contribution in [2.45, 2.75) is 13.8 Å². The van der Waals surface area contributed by atoms with Gasteiger partial charge in [-0.15, -0.1) is 0 Å². The van der Waals surface area contributed by atoms with Crippen LogP contribution in [0.3, 0.4) is 0 Å². The van der Waals surface area contributed by atoms with Gasteiger partial charge in [0.1, 0.15) is 5.57 Å². The second kappa shape index (κ2) is 6.96. The molecule has 1 N–H and O–H groups in total. The quantitative estimate of drug-likeness (QED) is 0.394. The number of ether oxygens (including phenoxy) is 1. The Labute approximate surface area is 114 Å². The van der Waals surface area contributed by atoms with Crippen molar-refractivity contribution < 1.29 is 14.3 Å². The third kappa shape index (κ3) is 4.33. The molecule has 0 spiro atoms. The Bertz CT molecular complexity index is 466. The lowest BCUT2D eigenvalue weighted by atomic mass is 10.2. The average molecular weight is 312 g/mol. The molecule has 0 bridgehead atoms. The number of amides is 1.